The molecular weight excluding hydrogens is 332 g/mol. The lowest BCUT2D eigenvalue weighted by Crippen LogP contribution is -2.33. The van der Waals surface area contributed by atoms with Crippen LogP contribution in [0, 0.1) is 0 Å². The Hall–Kier alpha value is -1.35. The van der Waals surface area contributed by atoms with Crippen molar-refractivity contribution in [1.82, 2.24) is 0 Å². The Kier molecular flexibility index (Phi) is 6.24. The summed E-state index contributed by atoms with van der Waals surface area (Å²) in [5.74, 6) is -0.312. The third-order valence-electron chi connectivity index (χ3n) is 3.28. The molecule has 0 amide bonds. The summed E-state index contributed by atoms with van der Waals surface area (Å²) >= 11 is 3.54. The highest BCUT2D eigenvalue weighted by atomic mass is 79.9. The molecule has 1 saturated heterocycles. The quantitative estimate of drug-likeness (QED) is 0.598. The molecule has 1 aliphatic rings. The zero-order chi connectivity index (χ0) is 15.1. The molecule has 0 aromatic heterocycles. The SMILES string of the molecule is CC(=C=C(Br)CCCc1ccccc1)[C@@H]1COCC(=O)O1. The summed E-state index contributed by atoms with van der Waals surface area (Å²) in [5.41, 5.74) is 5.47. The lowest BCUT2D eigenvalue weighted by molar-refractivity contribution is -0.166. The van der Waals surface area contributed by atoms with Crippen LogP contribution < -0.4 is 0 Å². The normalized spacial score (nSPS) is 17.8. The van der Waals surface area contributed by atoms with E-state index in [0.29, 0.717) is 6.61 Å². The summed E-state index contributed by atoms with van der Waals surface area (Å²) < 4.78 is 11.4. The fourth-order valence-corrected chi connectivity index (χ4v) is 2.73. The second kappa shape index (κ2) is 8.18. The molecule has 1 aliphatic heterocycles. The molecule has 0 unspecified atom stereocenters. The molecule has 1 aromatic rings. The van der Waals surface area contributed by atoms with Gasteiger partial charge in [0.25, 0.3) is 0 Å². The van der Waals surface area contributed by atoms with Crippen LogP contribution in [0.4, 0.5) is 0 Å². The van der Waals surface area contributed by atoms with Gasteiger partial charge in [-0.1, -0.05) is 30.3 Å². The lowest BCUT2D eigenvalue weighted by Gasteiger charge is -2.22. The third kappa shape index (κ3) is 5.50. The predicted octanol–water partition coefficient (Wildman–Crippen LogP) is 3.78. The number of esters is 1. The molecule has 1 aromatic carbocycles. The standard InChI is InChI=1S/C17H19BrO3/c1-13(16-11-20-12-17(19)21-16)10-15(18)9-5-8-14-6-3-2-4-7-14/h2-4,6-7,16H,5,8-9,11-12H2,1H3/t10?,16-/m0/s1. The number of aryl methyl sites for hydroxylation is 1. The first-order valence-electron chi connectivity index (χ1n) is 7.08. The molecule has 2 rings (SSSR count). The molecule has 112 valence electrons. The average Bonchev–Trinajstić information content (AvgIpc) is 2.48. The number of carbonyl (C=O) groups is 1. The zero-order valence-corrected chi connectivity index (χ0v) is 13.7. The van der Waals surface area contributed by atoms with Gasteiger partial charge >= 0.3 is 5.97 Å². The molecule has 21 heavy (non-hydrogen) atoms. The summed E-state index contributed by atoms with van der Waals surface area (Å²) in [5, 5.41) is 0. The van der Waals surface area contributed by atoms with Crippen LogP contribution in [0.25, 0.3) is 0 Å². The van der Waals surface area contributed by atoms with Crippen LogP contribution in [-0.2, 0) is 20.7 Å². The van der Waals surface area contributed by atoms with Crippen LogP contribution in [0.15, 0.2) is 46.1 Å². The van der Waals surface area contributed by atoms with E-state index >= 15 is 0 Å². The van der Waals surface area contributed by atoms with Crippen molar-refractivity contribution in [2.24, 2.45) is 0 Å². The van der Waals surface area contributed by atoms with Gasteiger partial charge in [-0.2, -0.15) is 0 Å². The molecule has 0 saturated carbocycles. The molecule has 0 bridgehead atoms. The maximum Gasteiger partial charge on any atom is 0.332 e. The highest BCUT2D eigenvalue weighted by molar-refractivity contribution is 9.11. The van der Waals surface area contributed by atoms with E-state index in [4.69, 9.17) is 9.47 Å². The maximum atomic E-state index is 11.2. The van der Waals surface area contributed by atoms with Gasteiger partial charge in [0.2, 0.25) is 0 Å². The number of carbonyl (C=O) groups excluding carboxylic acids is 1. The summed E-state index contributed by atoms with van der Waals surface area (Å²) in [6.45, 7) is 2.37. The topological polar surface area (TPSA) is 35.5 Å². The molecule has 1 fully saturated rings. The Bertz CT molecular complexity index is 544. The van der Waals surface area contributed by atoms with Gasteiger partial charge in [0, 0.05) is 10.1 Å². The second-order valence-electron chi connectivity index (χ2n) is 5.05. The minimum atomic E-state index is -0.312. The molecule has 1 atom stereocenters. The smallest absolute Gasteiger partial charge is 0.332 e. The Labute approximate surface area is 133 Å². The van der Waals surface area contributed by atoms with E-state index in [2.05, 4.69) is 45.9 Å². The fourth-order valence-electron chi connectivity index (χ4n) is 2.14. The van der Waals surface area contributed by atoms with E-state index in [1.54, 1.807) is 0 Å². The molecular formula is C17H19BrO3. The van der Waals surface area contributed by atoms with Gasteiger partial charge in [0.1, 0.15) is 6.61 Å². The van der Waals surface area contributed by atoms with Crippen molar-refractivity contribution >= 4 is 21.9 Å². The highest BCUT2D eigenvalue weighted by Crippen LogP contribution is 2.17. The van der Waals surface area contributed by atoms with Crippen LogP contribution in [0.3, 0.4) is 0 Å². The summed E-state index contributed by atoms with van der Waals surface area (Å²) in [6, 6.07) is 10.4. The predicted molar refractivity (Wildman–Crippen MR) is 85.2 cm³/mol. The summed E-state index contributed by atoms with van der Waals surface area (Å²) in [4.78, 5) is 11.2. The van der Waals surface area contributed by atoms with E-state index in [9.17, 15) is 4.79 Å². The van der Waals surface area contributed by atoms with E-state index in [1.165, 1.54) is 5.56 Å². The number of halogens is 1. The van der Waals surface area contributed by atoms with E-state index < -0.39 is 0 Å². The molecule has 0 N–H and O–H groups in total. The first-order valence-corrected chi connectivity index (χ1v) is 7.87. The van der Waals surface area contributed by atoms with Gasteiger partial charge in [-0.15, -0.1) is 5.73 Å². The number of rotatable bonds is 5. The van der Waals surface area contributed by atoms with Crippen molar-refractivity contribution in [3.63, 3.8) is 0 Å². The van der Waals surface area contributed by atoms with Gasteiger partial charge in [-0.05, 0) is 47.7 Å². The Morgan fingerprint density at radius 2 is 2.14 bits per heavy atom. The second-order valence-corrected chi connectivity index (χ2v) is 6.00. The van der Waals surface area contributed by atoms with E-state index in [0.717, 1.165) is 29.3 Å². The van der Waals surface area contributed by atoms with E-state index in [1.807, 2.05) is 13.0 Å². The van der Waals surface area contributed by atoms with Crippen molar-refractivity contribution in [2.45, 2.75) is 32.3 Å². The Morgan fingerprint density at radius 3 is 2.86 bits per heavy atom. The highest BCUT2D eigenvalue weighted by Gasteiger charge is 2.22. The number of cyclic esters (lactones) is 1. The first kappa shape index (κ1) is 16.0. The number of hydrogen-bond donors (Lipinski definition) is 0. The van der Waals surface area contributed by atoms with Crippen LogP contribution in [-0.4, -0.2) is 25.3 Å². The van der Waals surface area contributed by atoms with Gasteiger partial charge < -0.3 is 9.47 Å². The van der Waals surface area contributed by atoms with Crippen LogP contribution >= 0.6 is 15.9 Å². The summed E-state index contributed by atoms with van der Waals surface area (Å²) in [6.07, 6.45) is 2.69. The Morgan fingerprint density at radius 1 is 1.38 bits per heavy atom. The minimum absolute atomic E-state index is 0.0474. The molecule has 4 heteroatoms. The van der Waals surface area contributed by atoms with Crippen molar-refractivity contribution in [1.29, 1.82) is 0 Å². The van der Waals surface area contributed by atoms with Crippen molar-refractivity contribution in [3.8, 4) is 0 Å². The van der Waals surface area contributed by atoms with Gasteiger partial charge in [-0.3, -0.25) is 0 Å². The van der Waals surface area contributed by atoms with Gasteiger partial charge in [0.15, 0.2) is 6.10 Å². The van der Waals surface area contributed by atoms with Crippen LogP contribution in [0.1, 0.15) is 25.3 Å². The molecule has 0 spiro atoms. The van der Waals surface area contributed by atoms with Gasteiger partial charge in [0.05, 0.1) is 6.61 Å². The van der Waals surface area contributed by atoms with Crippen molar-refractivity contribution in [3.05, 3.63) is 51.7 Å². The number of benzene rings is 1. The first-order chi connectivity index (χ1) is 10.1. The number of ether oxygens (including phenoxy) is 2. The molecule has 1 heterocycles. The number of hydrogen-bond acceptors (Lipinski definition) is 3. The molecule has 3 nitrogen and oxygen atoms in total. The van der Waals surface area contributed by atoms with Gasteiger partial charge in [-0.25, -0.2) is 4.79 Å². The fraction of sp³-hybridized carbons (Fsp3) is 0.412. The minimum Gasteiger partial charge on any atom is -0.453 e. The Balaban J connectivity index is 1.87. The van der Waals surface area contributed by atoms with Crippen LogP contribution in [0.2, 0.25) is 0 Å². The molecule has 0 radical (unpaired) electrons. The monoisotopic (exact) mass is 350 g/mol. The van der Waals surface area contributed by atoms with Crippen LogP contribution in [0.5, 0.6) is 0 Å². The van der Waals surface area contributed by atoms with Crippen molar-refractivity contribution in [2.75, 3.05) is 13.2 Å². The maximum absolute atomic E-state index is 11.2. The lowest BCUT2D eigenvalue weighted by atomic mass is 10.1. The largest absolute Gasteiger partial charge is 0.453 e. The van der Waals surface area contributed by atoms with E-state index in [-0.39, 0.29) is 18.7 Å². The zero-order valence-electron chi connectivity index (χ0n) is 12.1. The molecule has 0 aliphatic carbocycles. The third-order valence-corrected chi connectivity index (χ3v) is 3.88. The average molecular weight is 351 g/mol. The summed E-state index contributed by atoms with van der Waals surface area (Å²) in [7, 11) is 0. The van der Waals surface area contributed by atoms with Crippen molar-refractivity contribution < 1.29 is 14.3 Å².